The smallest absolute Gasteiger partial charge is 0.255 e. The Kier molecular flexibility index (Phi) is 3.96. The lowest BCUT2D eigenvalue weighted by Crippen LogP contribution is -2.35. The Morgan fingerprint density at radius 2 is 2.04 bits per heavy atom. The van der Waals surface area contributed by atoms with Crippen LogP contribution in [0.2, 0.25) is 5.02 Å². The molecule has 122 valence electrons. The van der Waals surface area contributed by atoms with E-state index < -0.39 is 0 Å². The largest absolute Gasteiger partial charge is 0.364 e. The summed E-state index contributed by atoms with van der Waals surface area (Å²) >= 11 is 5.92. The highest BCUT2D eigenvalue weighted by Crippen LogP contribution is 2.21. The molecule has 2 N–H and O–H groups in total. The number of nitrogens with one attached hydrogen (secondary N) is 2. The first-order chi connectivity index (χ1) is 11.7. The molecule has 0 atom stereocenters. The molecular formula is C18H17ClN4O. The Balaban J connectivity index is 1.61. The highest BCUT2D eigenvalue weighted by atomic mass is 35.5. The first-order valence-corrected chi connectivity index (χ1v) is 8.29. The van der Waals surface area contributed by atoms with E-state index in [1.165, 1.54) is 0 Å². The van der Waals surface area contributed by atoms with Crippen LogP contribution in [0, 0.1) is 0 Å². The molecule has 0 saturated heterocycles. The van der Waals surface area contributed by atoms with Crippen molar-refractivity contribution in [2.45, 2.75) is 19.5 Å². The van der Waals surface area contributed by atoms with E-state index in [4.69, 9.17) is 11.6 Å². The van der Waals surface area contributed by atoms with Gasteiger partial charge in [-0.2, -0.15) is 0 Å². The second-order valence-electron chi connectivity index (χ2n) is 6.00. The normalized spacial score (nSPS) is 14.5. The average molecular weight is 341 g/mol. The number of H-pyrrole nitrogens is 2. The van der Waals surface area contributed by atoms with E-state index in [0.717, 1.165) is 42.0 Å². The van der Waals surface area contributed by atoms with E-state index in [9.17, 15) is 4.79 Å². The van der Waals surface area contributed by atoms with Gasteiger partial charge in [0, 0.05) is 48.5 Å². The van der Waals surface area contributed by atoms with E-state index in [2.05, 4.69) is 25.9 Å². The van der Waals surface area contributed by atoms with E-state index in [0.29, 0.717) is 17.4 Å². The fourth-order valence-corrected chi connectivity index (χ4v) is 3.19. The van der Waals surface area contributed by atoms with Gasteiger partial charge in [-0.15, -0.1) is 0 Å². The van der Waals surface area contributed by atoms with Crippen LogP contribution in [0.5, 0.6) is 0 Å². The van der Waals surface area contributed by atoms with E-state index in [1.807, 2.05) is 24.4 Å². The third-order valence-corrected chi connectivity index (χ3v) is 4.57. The van der Waals surface area contributed by atoms with Crippen molar-refractivity contribution in [1.82, 2.24) is 19.9 Å². The first-order valence-electron chi connectivity index (χ1n) is 7.92. The number of hydrogen-bond donors (Lipinski definition) is 2. The van der Waals surface area contributed by atoms with Crippen LogP contribution >= 0.6 is 11.6 Å². The highest BCUT2D eigenvalue weighted by molar-refractivity contribution is 6.30. The predicted octanol–water partition coefficient (Wildman–Crippen LogP) is 2.98. The van der Waals surface area contributed by atoms with Gasteiger partial charge < -0.3 is 9.97 Å². The maximum absolute atomic E-state index is 12.5. The van der Waals surface area contributed by atoms with Crippen LogP contribution in [-0.4, -0.2) is 26.4 Å². The number of aromatic nitrogens is 3. The lowest BCUT2D eigenvalue weighted by molar-refractivity contribution is 0.239. The fraction of sp³-hybridized carbons (Fsp3) is 0.222. The van der Waals surface area contributed by atoms with Gasteiger partial charge in [-0.3, -0.25) is 9.69 Å². The predicted molar refractivity (Wildman–Crippen MR) is 93.9 cm³/mol. The number of hydrogen-bond acceptors (Lipinski definition) is 3. The highest BCUT2D eigenvalue weighted by Gasteiger charge is 2.21. The number of aromatic amines is 2. The standard InChI is InChI=1S/C18H17ClN4O/c19-13-5-3-12(4-6-13)17-21-16-7-9-23(10-14-2-1-8-20-14)11-15(16)18(24)22-17/h1-6,8,20H,7,9-11H2,(H,21,22,24). The van der Waals surface area contributed by atoms with Gasteiger partial charge in [0.2, 0.25) is 0 Å². The lowest BCUT2D eigenvalue weighted by Gasteiger charge is -2.27. The number of benzene rings is 1. The summed E-state index contributed by atoms with van der Waals surface area (Å²) in [5.74, 6) is 0.605. The zero-order valence-corrected chi connectivity index (χ0v) is 13.8. The molecule has 0 spiro atoms. The van der Waals surface area contributed by atoms with Crippen molar-refractivity contribution in [3.8, 4) is 11.4 Å². The molecular weight excluding hydrogens is 324 g/mol. The van der Waals surface area contributed by atoms with Crippen molar-refractivity contribution >= 4 is 11.6 Å². The molecule has 0 saturated carbocycles. The maximum atomic E-state index is 12.5. The summed E-state index contributed by atoms with van der Waals surface area (Å²) in [5.41, 5.74) is 3.63. The molecule has 1 aliphatic rings. The zero-order chi connectivity index (χ0) is 16.5. The maximum Gasteiger partial charge on any atom is 0.255 e. The summed E-state index contributed by atoms with van der Waals surface area (Å²) in [6.45, 7) is 2.32. The molecule has 0 fully saturated rings. The third-order valence-electron chi connectivity index (χ3n) is 4.32. The Morgan fingerprint density at radius 3 is 2.79 bits per heavy atom. The monoisotopic (exact) mass is 340 g/mol. The van der Waals surface area contributed by atoms with Crippen LogP contribution in [-0.2, 0) is 19.5 Å². The lowest BCUT2D eigenvalue weighted by atomic mass is 10.1. The Bertz CT molecular complexity index is 900. The van der Waals surface area contributed by atoms with Gasteiger partial charge in [-0.25, -0.2) is 4.98 Å². The molecule has 3 aromatic rings. The molecule has 4 rings (SSSR count). The van der Waals surface area contributed by atoms with Gasteiger partial charge in [-0.05, 0) is 36.4 Å². The summed E-state index contributed by atoms with van der Waals surface area (Å²) in [5, 5.41) is 0.666. The SMILES string of the molecule is O=c1[nH]c(-c2ccc(Cl)cc2)nc2c1CN(Cc1ccc[nH]1)CC2. The molecule has 2 aromatic heterocycles. The molecule has 1 aliphatic heterocycles. The van der Waals surface area contributed by atoms with Crippen LogP contribution in [0.3, 0.4) is 0 Å². The molecule has 5 nitrogen and oxygen atoms in total. The van der Waals surface area contributed by atoms with Crippen LogP contribution in [0.4, 0.5) is 0 Å². The van der Waals surface area contributed by atoms with Crippen molar-refractivity contribution in [1.29, 1.82) is 0 Å². The summed E-state index contributed by atoms with van der Waals surface area (Å²) in [6, 6.07) is 11.4. The molecule has 1 aromatic carbocycles. The molecule has 0 amide bonds. The summed E-state index contributed by atoms with van der Waals surface area (Å²) in [4.78, 5) is 25.6. The third kappa shape index (κ3) is 3.00. The van der Waals surface area contributed by atoms with Crippen molar-refractivity contribution in [2.75, 3.05) is 6.54 Å². The second kappa shape index (κ2) is 6.26. The topological polar surface area (TPSA) is 64.8 Å². The minimum absolute atomic E-state index is 0.0545. The van der Waals surface area contributed by atoms with Gasteiger partial charge in [-0.1, -0.05) is 11.6 Å². The second-order valence-corrected chi connectivity index (χ2v) is 6.44. The molecule has 0 radical (unpaired) electrons. The van der Waals surface area contributed by atoms with Crippen molar-refractivity contribution in [2.24, 2.45) is 0 Å². The van der Waals surface area contributed by atoms with Crippen molar-refractivity contribution < 1.29 is 0 Å². The molecule has 6 heteroatoms. The average Bonchev–Trinajstić information content (AvgIpc) is 3.09. The number of fused-ring (bicyclic) bond motifs is 1. The summed E-state index contributed by atoms with van der Waals surface area (Å²) in [7, 11) is 0. The van der Waals surface area contributed by atoms with Gasteiger partial charge in [0.05, 0.1) is 11.3 Å². The molecule has 0 bridgehead atoms. The molecule has 24 heavy (non-hydrogen) atoms. The molecule has 0 unspecified atom stereocenters. The zero-order valence-electron chi connectivity index (χ0n) is 13.1. The van der Waals surface area contributed by atoms with Gasteiger partial charge in [0.1, 0.15) is 5.82 Å². The number of rotatable bonds is 3. The van der Waals surface area contributed by atoms with Crippen LogP contribution in [0.25, 0.3) is 11.4 Å². The number of nitrogens with zero attached hydrogens (tertiary/aromatic N) is 2. The fourth-order valence-electron chi connectivity index (χ4n) is 3.07. The Morgan fingerprint density at radius 1 is 1.21 bits per heavy atom. The molecule has 0 aliphatic carbocycles. The van der Waals surface area contributed by atoms with Crippen molar-refractivity contribution in [3.05, 3.63) is 74.9 Å². The summed E-state index contributed by atoms with van der Waals surface area (Å²) < 4.78 is 0. The van der Waals surface area contributed by atoms with E-state index in [1.54, 1.807) is 12.1 Å². The first kappa shape index (κ1) is 15.2. The molecule has 3 heterocycles. The number of halogens is 1. The minimum Gasteiger partial charge on any atom is -0.364 e. The quantitative estimate of drug-likeness (QED) is 0.770. The Hall–Kier alpha value is -2.37. The van der Waals surface area contributed by atoms with Crippen LogP contribution < -0.4 is 5.56 Å². The van der Waals surface area contributed by atoms with Crippen LogP contribution in [0.15, 0.2) is 47.4 Å². The Labute approximate surface area is 144 Å². The van der Waals surface area contributed by atoms with Crippen LogP contribution in [0.1, 0.15) is 17.0 Å². The van der Waals surface area contributed by atoms with E-state index >= 15 is 0 Å². The van der Waals surface area contributed by atoms with Gasteiger partial charge in [0.25, 0.3) is 5.56 Å². The minimum atomic E-state index is -0.0545. The van der Waals surface area contributed by atoms with Crippen molar-refractivity contribution in [3.63, 3.8) is 0 Å². The van der Waals surface area contributed by atoms with Gasteiger partial charge in [0.15, 0.2) is 0 Å². The van der Waals surface area contributed by atoms with Gasteiger partial charge >= 0.3 is 0 Å². The summed E-state index contributed by atoms with van der Waals surface area (Å²) in [6.07, 6.45) is 2.69. The van der Waals surface area contributed by atoms with E-state index in [-0.39, 0.29) is 5.56 Å².